The third kappa shape index (κ3) is 7.10. The maximum absolute atomic E-state index is 12.8. The molecule has 2 unspecified atom stereocenters. The molecule has 0 bridgehead atoms. The number of esters is 2. The highest BCUT2D eigenvalue weighted by Gasteiger charge is 2.45. The molecule has 8 heteroatoms. The van der Waals surface area contributed by atoms with Gasteiger partial charge in [0.2, 0.25) is 0 Å². The van der Waals surface area contributed by atoms with Gasteiger partial charge in [0.1, 0.15) is 17.0 Å². The highest BCUT2D eigenvalue weighted by molar-refractivity contribution is 8.03. The highest BCUT2D eigenvalue weighted by Crippen LogP contribution is 2.48. The average molecular weight is 485 g/mol. The number of Topliss-reactive ketones (excluding diaryl/α,β-unsaturated/α-hetero) is 1. The van der Waals surface area contributed by atoms with Crippen molar-refractivity contribution >= 4 is 42.1 Å². The summed E-state index contributed by atoms with van der Waals surface area (Å²) in [7, 11) is 2.73. The van der Waals surface area contributed by atoms with Gasteiger partial charge in [-0.25, -0.2) is 4.39 Å². The topological polar surface area (TPSA) is 69.7 Å². The Morgan fingerprint density at radius 1 is 1.06 bits per heavy atom. The van der Waals surface area contributed by atoms with E-state index in [-0.39, 0.29) is 23.5 Å². The molecule has 5 nitrogen and oxygen atoms in total. The first-order valence-electron chi connectivity index (χ1n) is 10.5. The molecule has 0 N–H and O–H groups in total. The lowest BCUT2D eigenvalue weighted by atomic mass is 9.88. The van der Waals surface area contributed by atoms with Gasteiger partial charge in [-0.2, -0.15) is 12.6 Å². The van der Waals surface area contributed by atoms with Gasteiger partial charge in [-0.1, -0.05) is 24.8 Å². The van der Waals surface area contributed by atoms with Crippen LogP contribution in [0.5, 0.6) is 0 Å². The number of carbonyl (C=O) groups excluding carboxylic acids is 3. The third-order valence-corrected chi connectivity index (χ3v) is 6.87. The smallest absolute Gasteiger partial charge is 0.319 e. The number of allylic oxidation sites excluding steroid dienone is 1. The quantitative estimate of drug-likeness (QED) is 0.339. The third-order valence-electron chi connectivity index (χ3n) is 5.53. The number of methoxy groups -OCH3 is 2. The molecule has 0 aromatic heterocycles. The Morgan fingerprint density at radius 2 is 1.59 bits per heavy atom. The van der Waals surface area contributed by atoms with Crippen molar-refractivity contribution in [3.63, 3.8) is 0 Å². The van der Waals surface area contributed by atoms with Gasteiger partial charge in [0.15, 0.2) is 0 Å². The number of rotatable bonds is 4. The average Bonchev–Trinajstić information content (AvgIpc) is 3.32. The molecule has 1 fully saturated rings. The van der Waals surface area contributed by atoms with Crippen LogP contribution in [0.3, 0.4) is 0 Å². The maximum atomic E-state index is 12.8. The van der Waals surface area contributed by atoms with Crippen molar-refractivity contribution in [2.75, 3.05) is 20.0 Å². The van der Waals surface area contributed by atoms with E-state index in [4.69, 9.17) is 4.74 Å². The fourth-order valence-corrected chi connectivity index (χ4v) is 4.65. The summed E-state index contributed by atoms with van der Waals surface area (Å²) in [6.07, 6.45) is 5.66. The lowest BCUT2D eigenvalue weighted by Gasteiger charge is -2.24. The molecule has 0 heterocycles. The van der Waals surface area contributed by atoms with Crippen molar-refractivity contribution in [1.29, 1.82) is 0 Å². The van der Waals surface area contributed by atoms with E-state index < -0.39 is 10.8 Å². The lowest BCUT2D eigenvalue weighted by molar-refractivity contribution is -0.155. The van der Waals surface area contributed by atoms with Crippen LogP contribution in [0.4, 0.5) is 4.39 Å². The SMILES string of the molecule is CCS.COC(=O)C1(C)CCC=C1Sc1ccc(F)cc1.COC(=O)C1(C)CCCC1=O. The molecule has 1 aromatic carbocycles. The molecule has 178 valence electrons. The van der Waals surface area contributed by atoms with Crippen LogP contribution in [-0.4, -0.2) is 37.7 Å². The molecule has 0 spiro atoms. The summed E-state index contributed by atoms with van der Waals surface area (Å²) in [6, 6.07) is 6.29. The molecular formula is C24H33FO5S2. The van der Waals surface area contributed by atoms with Crippen LogP contribution in [0.2, 0.25) is 0 Å². The Kier molecular flexibility index (Phi) is 11.5. The fraction of sp³-hybridized carbons (Fsp3) is 0.542. The van der Waals surface area contributed by atoms with Crippen LogP contribution in [0.1, 0.15) is 52.9 Å². The number of halogens is 1. The van der Waals surface area contributed by atoms with Gasteiger partial charge in [-0.15, -0.1) is 0 Å². The van der Waals surface area contributed by atoms with E-state index in [1.165, 1.54) is 38.1 Å². The Balaban J connectivity index is 0.000000312. The number of carbonyl (C=O) groups is 3. The van der Waals surface area contributed by atoms with Gasteiger partial charge in [0, 0.05) is 16.2 Å². The molecule has 2 aliphatic carbocycles. The minimum atomic E-state index is -0.839. The summed E-state index contributed by atoms with van der Waals surface area (Å²) >= 11 is 5.29. The number of thiol groups is 1. The predicted molar refractivity (Wildman–Crippen MR) is 128 cm³/mol. The second-order valence-electron chi connectivity index (χ2n) is 7.90. The van der Waals surface area contributed by atoms with Gasteiger partial charge >= 0.3 is 11.9 Å². The zero-order valence-electron chi connectivity index (χ0n) is 19.4. The zero-order valence-corrected chi connectivity index (χ0v) is 21.1. The highest BCUT2D eigenvalue weighted by atomic mass is 32.2. The van der Waals surface area contributed by atoms with Crippen LogP contribution in [-0.2, 0) is 23.9 Å². The first-order chi connectivity index (χ1) is 15.1. The zero-order chi connectivity index (χ0) is 24.4. The molecule has 32 heavy (non-hydrogen) atoms. The van der Waals surface area contributed by atoms with Crippen LogP contribution >= 0.6 is 24.4 Å². The molecule has 3 rings (SSSR count). The Labute approximate surface area is 199 Å². The predicted octanol–water partition coefficient (Wildman–Crippen LogP) is 5.63. The molecule has 2 aliphatic rings. The summed E-state index contributed by atoms with van der Waals surface area (Å²) in [6.45, 7) is 5.55. The molecule has 0 radical (unpaired) electrons. The number of ketones is 1. The Morgan fingerprint density at radius 3 is 2.06 bits per heavy atom. The minimum absolute atomic E-state index is 0.0179. The first kappa shape index (κ1) is 28.2. The second-order valence-corrected chi connectivity index (χ2v) is 9.65. The van der Waals surface area contributed by atoms with Crippen molar-refractivity contribution < 1.29 is 28.2 Å². The first-order valence-corrected chi connectivity index (χ1v) is 12.0. The summed E-state index contributed by atoms with van der Waals surface area (Å²) < 4.78 is 22.3. The maximum Gasteiger partial charge on any atom is 0.319 e. The Hall–Kier alpha value is -1.80. The van der Waals surface area contributed by atoms with Gasteiger partial charge in [-0.05, 0) is 69.5 Å². The van der Waals surface area contributed by atoms with Crippen LogP contribution in [0, 0.1) is 16.6 Å². The van der Waals surface area contributed by atoms with Crippen LogP contribution in [0.25, 0.3) is 0 Å². The van der Waals surface area contributed by atoms with Gasteiger partial charge in [0.25, 0.3) is 0 Å². The number of hydrogen-bond acceptors (Lipinski definition) is 7. The number of hydrogen-bond donors (Lipinski definition) is 1. The van der Waals surface area contributed by atoms with Gasteiger partial charge < -0.3 is 9.47 Å². The van der Waals surface area contributed by atoms with Crippen molar-refractivity contribution in [2.45, 2.75) is 57.8 Å². The summed E-state index contributed by atoms with van der Waals surface area (Å²) in [5, 5.41) is 0. The van der Waals surface area contributed by atoms with E-state index in [1.54, 1.807) is 19.1 Å². The van der Waals surface area contributed by atoms with Crippen molar-refractivity contribution in [1.82, 2.24) is 0 Å². The molecule has 0 amide bonds. The summed E-state index contributed by atoms with van der Waals surface area (Å²) in [5.41, 5.74) is -1.40. The summed E-state index contributed by atoms with van der Waals surface area (Å²) in [5.74, 6) is 0.112. The van der Waals surface area contributed by atoms with E-state index in [1.807, 2.05) is 13.8 Å². The van der Waals surface area contributed by atoms with Gasteiger partial charge in [0.05, 0.1) is 19.6 Å². The normalized spacial score (nSPS) is 23.8. The Bertz CT molecular complexity index is 824. The fourth-order valence-electron chi connectivity index (χ4n) is 3.51. The molecule has 0 aliphatic heterocycles. The van der Waals surface area contributed by atoms with E-state index in [0.29, 0.717) is 12.8 Å². The molecular weight excluding hydrogens is 451 g/mol. The second kappa shape index (κ2) is 13.0. The van der Waals surface area contributed by atoms with Crippen LogP contribution in [0.15, 0.2) is 40.1 Å². The monoisotopic (exact) mass is 484 g/mol. The van der Waals surface area contributed by atoms with Gasteiger partial charge in [-0.3, -0.25) is 14.4 Å². The van der Waals surface area contributed by atoms with Crippen molar-refractivity contribution in [3.05, 3.63) is 41.1 Å². The molecule has 2 atom stereocenters. The van der Waals surface area contributed by atoms with E-state index in [0.717, 1.165) is 34.8 Å². The summed E-state index contributed by atoms with van der Waals surface area (Å²) in [4.78, 5) is 36.1. The number of thioether (sulfide) groups is 1. The lowest BCUT2D eigenvalue weighted by Crippen LogP contribution is -2.32. The standard InChI is InChI=1S/C14H15FO2S.C8H12O3.C2H6S/c1-14(13(16)17-2)9-3-4-12(14)18-11-7-5-10(15)6-8-11;1-8(7(10)11-2)5-3-4-6(8)9;1-2-3/h4-8H,3,9H2,1-2H3;3-5H2,1-2H3;3H,2H2,1H3. The minimum Gasteiger partial charge on any atom is -0.468 e. The van der Waals surface area contributed by atoms with E-state index in [9.17, 15) is 18.8 Å². The van der Waals surface area contributed by atoms with E-state index >= 15 is 0 Å². The molecule has 0 saturated heterocycles. The number of benzene rings is 1. The van der Waals surface area contributed by atoms with Crippen molar-refractivity contribution in [2.24, 2.45) is 10.8 Å². The molecule has 1 aromatic rings. The van der Waals surface area contributed by atoms with E-state index in [2.05, 4.69) is 23.4 Å². The van der Waals surface area contributed by atoms with Crippen molar-refractivity contribution in [3.8, 4) is 0 Å². The number of ether oxygens (including phenoxy) is 2. The molecule has 1 saturated carbocycles. The van der Waals surface area contributed by atoms with Crippen LogP contribution < -0.4 is 0 Å². The largest absolute Gasteiger partial charge is 0.468 e.